The molecule has 0 spiro atoms. The third-order valence-electron chi connectivity index (χ3n) is 4.47. The second-order valence-electron chi connectivity index (χ2n) is 7.00. The van der Waals surface area contributed by atoms with Gasteiger partial charge in [0.25, 0.3) is 0 Å². The summed E-state index contributed by atoms with van der Waals surface area (Å²) in [4.78, 5) is 14.2. The predicted molar refractivity (Wildman–Crippen MR) is 87.5 cm³/mol. The molecular weight excluding hydrogens is 260 g/mol. The first-order valence-electron chi connectivity index (χ1n) is 7.93. The number of carbonyl (C=O) groups is 1. The molecule has 0 bridgehead atoms. The minimum atomic E-state index is -0.0266. The van der Waals surface area contributed by atoms with Crippen molar-refractivity contribution >= 4 is 5.91 Å². The maximum Gasteiger partial charge on any atom is 0.223 e. The topological polar surface area (TPSA) is 32.3 Å². The zero-order chi connectivity index (χ0) is 15.5. The fraction of sp³-hybridized carbons (Fsp3) is 0.611. The summed E-state index contributed by atoms with van der Waals surface area (Å²) in [5.74, 6) is 0.245. The van der Waals surface area contributed by atoms with Crippen LogP contribution in [0.15, 0.2) is 24.3 Å². The molecule has 1 unspecified atom stereocenters. The summed E-state index contributed by atoms with van der Waals surface area (Å²) in [5.41, 5.74) is 2.53. The summed E-state index contributed by atoms with van der Waals surface area (Å²) in [6, 6.07) is 9.00. The monoisotopic (exact) mass is 288 g/mol. The Hall–Kier alpha value is -1.35. The molecule has 3 heteroatoms. The highest BCUT2D eigenvalue weighted by Crippen LogP contribution is 2.25. The highest BCUT2D eigenvalue weighted by molar-refractivity contribution is 5.76. The van der Waals surface area contributed by atoms with Gasteiger partial charge in [-0.15, -0.1) is 0 Å². The average Bonchev–Trinajstić information content (AvgIpc) is 2.91. The van der Waals surface area contributed by atoms with E-state index < -0.39 is 0 Å². The summed E-state index contributed by atoms with van der Waals surface area (Å²) in [5, 5.41) is 3.40. The average molecular weight is 288 g/mol. The quantitative estimate of drug-likeness (QED) is 0.903. The lowest BCUT2D eigenvalue weighted by atomic mass is 9.83. The van der Waals surface area contributed by atoms with Crippen molar-refractivity contribution in [1.82, 2.24) is 10.2 Å². The lowest BCUT2D eigenvalue weighted by molar-refractivity contribution is -0.131. The number of aryl methyl sites for hydroxylation is 1. The molecule has 1 atom stereocenters. The Morgan fingerprint density at radius 2 is 2.00 bits per heavy atom. The first-order valence-corrected chi connectivity index (χ1v) is 7.93. The van der Waals surface area contributed by atoms with E-state index in [2.05, 4.69) is 50.4 Å². The van der Waals surface area contributed by atoms with E-state index in [4.69, 9.17) is 0 Å². The largest absolute Gasteiger partial charge is 0.345 e. The van der Waals surface area contributed by atoms with Gasteiger partial charge < -0.3 is 10.2 Å². The Labute approximate surface area is 128 Å². The number of nitrogens with zero attached hydrogens (tertiary/aromatic N) is 1. The molecule has 1 saturated heterocycles. The fourth-order valence-electron chi connectivity index (χ4n) is 3.07. The van der Waals surface area contributed by atoms with E-state index in [9.17, 15) is 4.79 Å². The van der Waals surface area contributed by atoms with Crippen molar-refractivity contribution in [2.75, 3.05) is 20.1 Å². The number of amides is 1. The maximum absolute atomic E-state index is 12.3. The van der Waals surface area contributed by atoms with E-state index in [1.54, 1.807) is 0 Å². The van der Waals surface area contributed by atoms with Crippen LogP contribution in [0.25, 0.3) is 0 Å². The van der Waals surface area contributed by atoms with E-state index in [0.717, 1.165) is 19.5 Å². The lowest BCUT2D eigenvalue weighted by Gasteiger charge is -2.31. The first kappa shape index (κ1) is 16.0. The van der Waals surface area contributed by atoms with Gasteiger partial charge in [-0.25, -0.2) is 0 Å². The Balaban J connectivity index is 1.94. The van der Waals surface area contributed by atoms with Crippen LogP contribution in [0.4, 0.5) is 0 Å². The molecule has 1 heterocycles. The molecule has 1 aromatic rings. The minimum Gasteiger partial charge on any atom is -0.345 e. The second-order valence-corrected chi connectivity index (χ2v) is 7.00. The number of carbonyl (C=O) groups excluding carboxylic acids is 1. The van der Waals surface area contributed by atoms with Gasteiger partial charge in [-0.05, 0) is 31.9 Å². The SMILES string of the molecule is Cc1ccc(C(C)(C)CN(C)C(=O)CC2CCCN2)cc1. The zero-order valence-corrected chi connectivity index (χ0v) is 13.8. The Morgan fingerprint density at radius 1 is 1.33 bits per heavy atom. The molecule has 1 fully saturated rings. The third-order valence-corrected chi connectivity index (χ3v) is 4.47. The third kappa shape index (κ3) is 4.31. The van der Waals surface area contributed by atoms with Crippen molar-refractivity contribution in [3.8, 4) is 0 Å². The van der Waals surface area contributed by atoms with Crippen LogP contribution in [0, 0.1) is 6.92 Å². The van der Waals surface area contributed by atoms with Crippen LogP contribution in [0.2, 0.25) is 0 Å². The molecule has 1 aliphatic rings. The molecule has 2 rings (SSSR count). The van der Waals surface area contributed by atoms with Gasteiger partial charge in [0.15, 0.2) is 0 Å². The summed E-state index contributed by atoms with van der Waals surface area (Å²) < 4.78 is 0. The summed E-state index contributed by atoms with van der Waals surface area (Å²) in [6.45, 7) is 8.31. The van der Waals surface area contributed by atoms with Crippen molar-refractivity contribution < 1.29 is 4.79 Å². The van der Waals surface area contributed by atoms with E-state index in [1.807, 2.05) is 11.9 Å². The van der Waals surface area contributed by atoms with Crippen LogP contribution in [0.1, 0.15) is 44.2 Å². The van der Waals surface area contributed by atoms with Crippen molar-refractivity contribution in [2.24, 2.45) is 0 Å². The molecule has 1 N–H and O–H groups in total. The van der Waals surface area contributed by atoms with Crippen LogP contribution in [-0.4, -0.2) is 37.0 Å². The van der Waals surface area contributed by atoms with Gasteiger partial charge in [-0.2, -0.15) is 0 Å². The smallest absolute Gasteiger partial charge is 0.223 e. The molecule has 1 aromatic carbocycles. The lowest BCUT2D eigenvalue weighted by Crippen LogP contribution is -2.40. The van der Waals surface area contributed by atoms with Gasteiger partial charge >= 0.3 is 0 Å². The maximum atomic E-state index is 12.3. The standard InChI is InChI=1S/C18H28N2O/c1-14-7-9-15(10-8-14)18(2,3)13-20(4)17(21)12-16-6-5-11-19-16/h7-10,16,19H,5-6,11-13H2,1-4H3. The molecule has 1 amide bonds. The normalized spacial score (nSPS) is 18.8. The van der Waals surface area contributed by atoms with Crippen LogP contribution in [-0.2, 0) is 10.2 Å². The first-order chi connectivity index (χ1) is 9.88. The van der Waals surface area contributed by atoms with Gasteiger partial charge in [-0.3, -0.25) is 4.79 Å². The Kier molecular flexibility index (Phi) is 5.04. The van der Waals surface area contributed by atoms with Gasteiger partial charge in [0.2, 0.25) is 5.91 Å². The van der Waals surface area contributed by atoms with E-state index >= 15 is 0 Å². The van der Waals surface area contributed by atoms with Crippen molar-refractivity contribution in [1.29, 1.82) is 0 Å². The van der Waals surface area contributed by atoms with Crippen LogP contribution >= 0.6 is 0 Å². The van der Waals surface area contributed by atoms with Gasteiger partial charge in [0.05, 0.1) is 0 Å². The minimum absolute atomic E-state index is 0.0266. The molecule has 0 saturated carbocycles. The number of rotatable bonds is 5. The molecule has 1 aliphatic heterocycles. The van der Waals surface area contributed by atoms with Crippen molar-refractivity contribution in [3.63, 3.8) is 0 Å². The highest BCUT2D eigenvalue weighted by atomic mass is 16.2. The number of likely N-dealkylation sites (N-methyl/N-ethyl adjacent to an activating group) is 1. The molecule has 0 radical (unpaired) electrons. The number of hydrogen-bond donors (Lipinski definition) is 1. The molecular formula is C18H28N2O. The van der Waals surface area contributed by atoms with Crippen LogP contribution in [0.5, 0.6) is 0 Å². The zero-order valence-electron chi connectivity index (χ0n) is 13.8. The number of benzene rings is 1. The Morgan fingerprint density at radius 3 is 2.57 bits per heavy atom. The molecule has 0 aliphatic carbocycles. The van der Waals surface area contributed by atoms with Gasteiger partial charge in [0, 0.05) is 31.5 Å². The fourth-order valence-corrected chi connectivity index (χ4v) is 3.07. The highest BCUT2D eigenvalue weighted by Gasteiger charge is 2.26. The molecule has 3 nitrogen and oxygen atoms in total. The molecule has 21 heavy (non-hydrogen) atoms. The predicted octanol–water partition coefficient (Wildman–Crippen LogP) is 2.87. The summed E-state index contributed by atoms with van der Waals surface area (Å²) >= 11 is 0. The van der Waals surface area contributed by atoms with Crippen LogP contribution < -0.4 is 5.32 Å². The molecule has 116 valence electrons. The van der Waals surface area contributed by atoms with E-state index in [-0.39, 0.29) is 11.3 Å². The number of nitrogens with one attached hydrogen (secondary N) is 1. The number of hydrogen-bond acceptors (Lipinski definition) is 2. The van der Waals surface area contributed by atoms with Crippen LogP contribution in [0.3, 0.4) is 0 Å². The van der Waals surface area contributed by atoms with Crippen molar-refractivity contribution in [2.45, 2.75) is 51.5 Å². The summed E-state index contributed by atoms with van der Waals surface area (Å²) in [6.07, 6.45) is 2.94. The van der Waals surface area contributed by atoms with Crippen molar-refractivity contribution in [3.05, 3.63) is 35.4 Å². The Bertz CT molecular complexity index is 472. The van der Waals surface area contributed by atoms with E-state index in [0.29, 0.717) is 12.5 Å². The molecule has 0 aromatic heterocycles. The summed E-state index contributed by atoms with van der Waals surface area (Å²) in [7, 11) is 1.92. The second kappa shape index (κ2) is 6.61. The van der Waals surface area contributed by atoms with E-state index in [1.165, 1.54) is 17.5 Å². The van der Waals surface area contributed by atoms with Gasteiger partial charge in [-0.1, -0.05) is 43.7 Å². The van der Waals surface area contributed by atoms with Gasteiger partial charge in [0.1, 0.15) is 0 Å².